The summed E-state index contributed by atoms with van der Waals surface area (Å²) in [6.07, 6.45) is 5.09. The molecule has 1 amide bonds. The van der Waals surface area contributed by atoms with Crippen molar-refractivity contribution >= 4 is 12.1 Å². The molecule has 0 saturated carbocycles. The summed E-state index contributed by atoms with van der Waals surface area (Å²) >= 11 is 0. The number of carboxylic acids is 1. The molecule has 2 heterocycles. The Morgan fingerprint density at radius 2 is 1.83 bits per heavy atom. The van der Waals surface area contributed by atoms with Gasteiger partial charge in [-0.1, -0.05) is 42.0 Å². The average molecular weight is 315 g/mol. The molecule has 2 saturated heterocycles. The van der Waals surface area contributed by atoms with E-state index in [-0.39, 0.29) is 31.2 Å². The molecular weight excluding hydrogens is 294 g/mol. The first-order valence-corrected chi connectivity index (χ1v) is 8.02. The SMILES string of the molecule is O=C(O)CC=C1CC2CCC(C1)N2C(=O)OCc1ccccc1. The Kier molecular flexibility index (Phi) is 4.65. The second-order valence-electron chi connectivity index (χ2n) is 6.20. The zero-order valence-electron chi connectivity index (χ0n) is 13.0. The van der Waals surface area contributed by atoms with E-state index < -0.39 is 5.97 Å². The molecular formula is C18H21NO4. The molecule has 0 aromatic heterocycles. The summed E-state index contributed by atoms with van der Waals surface area (Å²) in [5.41, 5.74) is 2.14. The van der Waals surface area contributed by atoms with Gasteiger partial charge >= 0.3 is 12.1 Å². The minimum absolute atomic E-state index is 0.0627. The molecule has 2 atom stereocenters. The highest BCUT2D eigenvalue weighted by Crippen LogP contribution is 2.38. The lowest BCUT2D eigenvalue weighted by Crippen LogP contribution is -2.44. The van der Waals surface area contributed by atoms with Crippen LogP contribution in [0.2, 0.25) is 0 Å². The minimum Gasteiger partial charge on any atom is -0.481 e. The Labute approximate surface area is 135 Å². The number of amides is 1. The number of ether oxygens (including phenoxy) is 1. The van der Waals surface area contributed by atoms with E-state index in [1.54, 1.807) is 6.08 Å². The highest BCUT2D eigenvalue weighted by molar-refractivity contribution is 5.70. The van der Waals surface area contributed by atoms with Crippen molar-refractivity contribution in [1.82, 2.24) is 4.90 Å². The van der Waals surface area contributed by atoms with Crippen LogP contribution >= 0.6 is 0 Å². The van der Waals surface area contributed by atoms with Crippen molar-refractivity contribution < 1.29 is 19.4 Å². The van der Waals surface area contributed by atoms with E-state index in [9.17, 15) is 9.59 Å². The van der Waals surface area contributed by atoms with E-state index in [1.807, 2.05) is 35.2 Å². The van der Waals surface area contributed by atoms with Crippen molar-refractivity contribution in [2.75, 3.05) is 0 Å². The van der Waals surface area contributed by atoms with Gasteiger partial charge in [-0.25, -0.2) is 4.79 Å². The summed E-state index contributed by atoms with van der Waals surface area (Å²) in [6, 6.07) is 9.95. The van der Waals surface area contributed by atoms with Crippen molar-refractivity contribution in [2.45, 2.75) is 50.8 Å². The van der Waals surface area contributed by atoms with Crippen molar-refractivity contribution in [1.29, 1.82) is 0 Å². The number of hydrogen-bond acceptors (Lipinski definition) is 3. The van der Waals surface area contributed by atoms with Gasteiger partial charge in [-0.15, -0.1) is 0 Å². The van der Waals surface area contributed by atoms with Crippen molar-refractivity contribution in [2.24, 2.45) is 0 Å². The molecule has 0 spiro atoms. The van der Waals surface area contributed by atoms with Crippen molar-refractivity contribution in [3.05, 3.63) is 47.5 Å². The Balaban J connectivity index is 1.58. The molecule has 23 heavy (non-hydrogen) atoms. The fraction of sp³-hybridized carbons (Fsp3) is 0.444. The van der Waals surface area contributed by atoms with Crippen molar-refractivity contribution in [3.8, 4) is 0 Å². The van der Waals surface area contributed by atoms with Gasteiger partial charge in [0.1, 0.15) is 6.61 Å². The molecule has 5 nitrogen and oxygen atoms in total. The van der Waals surface area contributed by atoms with Crippen LogP contribution in [-0.4, -0.2) is 34.2 Å². The molecule has 0 aliphatic carbocycles. The van der Waals surface area contributed by atoms with Crippen LogP contribution in [0.5, 0.6) is 0 Å². The minimum atomic E-state index is -0.811. The number of benzene rings is 1. The zero-order chi connectivity index (χ0) is 16.2. The molecule has 2 aliphatic rings. The van der Waals surface area contributed by atoms with E-state index >= 15 is 0 Å². The number of nitrogens with zero attached hydrogens (tertiary/aromatic N) is 1. The van der Waals surface area contributed by atoms with Gasteiger partial charge in [0.05, 0.1) is 6.42 Å². The topological polar surface area (TPSA) is 66.8 Å². The zero-order valence-corrected chi connectivity index (χ0v) is 13.0. The maximum atomic E-state index is 12.4. The fourth-order valence-electron chi connectivity index (χ4n) is 3.54. The third-order valence-electron chi connectivity index (χ3n) is 4.60. The van der Waals surface area contributed by atoms with Crippen LogP contribution in [0.25, 0.3) is 0 Å². The smallest absolute Gasteiger partial charge is 0.410 e. The number of fused-ring (bicyclic) bond motifs is 2. The number of carboxylic acid groups (broad SMARTS) is 1. The van der Waals surface area contributed by atoms with Crippen LogP contribution in [0.1, 0.15) is 37.7 Å². The van der Waals surface area contributed by atoms with Crippen LogP contribution in [-0.2, 0) is 16.1 Å². The summed E-state index contributed by atoms with van der Waals surface area (Å²) in [6.45, 7) is 0.289. The summed E-state index contributed by atoms with van der Waals surface area (Å²) < 4.78 is 5.46. The third-order valence-corrected chi connectivity index (χ3v) is 4.60. The summed E-state index contributed by atoms with van der Waals surface area (Å²) in [7, 11) is 0. The molecule has 0 radical (unpaired) electrons. The van der Waals surface area contributed by atoms with E-state index in [4.69, 9.17) is 9.84 Å². The highest BCUT2D eigenvalue weighted by atomic mass is 16.6. The van der Waals surface area contributed by atoms with Gasteiger partial charge in [0.2, 0.25) is 0 Å². The van der Waals surface area contributed by atoms with Crippen LogP contribution in [0, 0.1) is 0 Å². The largest absolute Gasteiger partial charge is 0.481 e. The number of hydrogen-bond donors (Lipinski definition) is 1. The predicted octanol–water partition coefficient (Wildman–Crippen LogP) is 3.35. The standard InChI is InChI=1S/C18H21NO4/c20-17(21)9-6-14-10-15-7-8-16(11-14)19(15)18(22)23-12-13-4-2-1-3-5-13/h1-6,15-16H,7-12H2,(H,20,21). The first kappa shape index (κ1) is 15.6. The maximum absolute atomic E-state index is 12.4. The average Bonchev–Trinajstić information content (AvgIpc) is 2.82. The summed E-state index contributed by atoms with van der Waals surface area (Å²) in [5.74, 6) is -0.811. The van der Waals surface area contributed by atoms with Gasteiger partial charge < -0.3 is 14.7 Å². The lowest BCUT2D eigenvalue weighted by Gasteiger charge is -2.35. The van der Waals surface area contributed by atoms with Crippen LogP contribution in [0.15, 0.2) is 42.0 Å². The Morgan fingerprint density at radius 3 is 2.43 bits per heavy atom. The number of aliphatic carboxylic acids is 1. The Hall–Kier alpha value is -2.30. The molecule has 2 aliphatic heterocycles. The number of carbonyl (C=O) groups excluding carboxylic acids is 1. The van der Waals surface area contributed by atoms with Gasteiger partial charge in [0.15, 0.2) is 0 Å². The first-order valence-electron chi connectivity index (χ1n) is 8.02. The molecule has 1 aromatic rings. The van der Waals surface area contributed by atoms with E-state index in [0.717, 1.165) is 36.8 Å². The molecule has 1 aromatic carbocycles. The normalized spacial score (nSPS) is 22.8. The number of carbonyl (C=O) groups is 2. The molecule has 122 valence electrons. The molecule has 3 rings (SSSR count). The molecule has 2 unspecified atom stereocenters. The lowest BCUT2D eigenvalue weighted by molar-refractivity contribution is -0.136. The molecule has 5 heteroatoms. The van der Waals surface area contributed by atoms with Gasteiger partial charge in [-0.3, -0.25) is 4.79 Å². The number of rotatable bonds is 4. The Bertz CT molecular complexity index is 595. The monoisotopic (exact) mass is 315 g/mol. The van der Waals surface area contributed by atoms with Crippen LogP contribution in [0.4, 0.5) is 4.79 Å². The summed E-state index contributed by atoms with van der Waals surface area (Å²) in [5, 5.41) is 8.78. The van der Waals surface area contributed by atoms with Gasteiger partial charge in [0.25, 0.3) is 0 Å². The van der Waals surface area contributed by atoms with E-state index in [0.29, 0.717) is 0 Å². The lowest BCUT2D eigenvalue weighted by atomic mass is 9.96. The maximum Gasteiger partial charge on any atom is 0.410 e. The quantitative estimate of drug-likeness (QED) is 0.865. The van der Waals surface area contributed by atoms with Gasteiger partial charge in [-0.2, -0.15) is 0 Å². The predicted molar refractivity (Wildman–Crippen MR) is 84.8 cm³/mol. The van der Waals surface area contributed by atoms with E-state index in [2.05, 4.69) is 0 Å². The third kappa shape index (κ3) is 3.73. The Morgan fingerprint density at radius 1 is 1.17 bits per heavy atom. The number of piperidine rings is 1. The van der Waals surface area contributed by atoms with Crippen LogP contribution < -0.4 is 0 Å². The van der Waals surface area contributed by atoms with E-state index in [1.165, 1.54) is 0 Å². The second kappa shape index (κ2) is 6.86. The highest BCUT2D eigenvalue weighted by Gasteiger charge is 2.42. The molecule has 1 N–H and O–H groups in total. The second-order valence-corrected chi connectivity index (χ2v) is 6.20. The molecule has 2 bridgehead atoms. The van der Waals surface area contributed by atoms with Crippen LogP contribution in [0.3, 0.4) is 0 Å². The van der Waals surface area contributed by atoms with Gasteiger partial charge in [0, 0.05) is 12.1 Å². The first-order chi connectivity index (χ1) is 11.1. The summed E-state index contributed by atoms with van der Waals surface area (Å²) in [4.78, 5) is 24.9. The van der Waals surface area contributed by atoms with Crippen molar-refractivity contribution in [3.63, 3.8) is 0 Å². The fourth-order valence-corrected chi connectivity index (χ4v) is 3.54. The van der Waals surface area contributed by atoms with Gasteiger partial charge in [-0.05, 0) is 31.2 Å². The molecule has 2 fully saturated rings.